The van der Waals surface area contributed by atoms with Crippen LogP contribution in [0.2, 0.25) is 0 Å². The Kier molecular flexibility index (Phi) is 6.99. The van der Waals surface area contributed by atoms with Crippen LogP contribution in [0.1, 0.15) is 61.2 Å². The van der Waals surface area contributed by atoms with Crippen LogP contribution in [0, 0.1) is 11.8 Å². The van der Waals surface area contributed by atoms with E-state index in [0.717, 1.165) is 40.3 Å². The van der Waals surface area contributed by atoms with Crippen LogP contribution in [-0.4, -0.2) is 41.6 Å². The van der Waals surface area contributed by atoms with E-state index in [-0.39, 0.29) is 6.03 Å². The normalized spacial score (nSPS) is 21.5. The summed E-state index contributed by atoms with van der Waals surface area (Å²) in [4.78, 5) is 28.1. The highest BCUT2D eigenvalue weighted by atomic mass is 32.1. The first-order valence-corrected chi connectivity index (χ1v) is 12.5. The summed E-state index contributed by atoms with van der Waals surface area (Å²) in [7, 11) is 0. The molecule has 4 rings (SSSR count). The second-order valence-electron chi connectivity index (χ2n) is 8.99. The molecule has 0 bridgehead atoms. The minimum atomic E-state index is -0.873. The Hall–Kier alpha value is -2.60. The number of aromatic carboxylic acids is 1. The molecule has 1 aliphatic heterocycles. The predicted octanol–water partition coefficient (Wildman–Crippen LogP) is 6.13. The second-order valence-corrected chi connectivity index (χ2v) is 10.0. The number of benzene rings is 1. The fourth-order valence-electron chi connectivity index (χ4n) is 5.03. The SMILES string of the molecule is CCNC(=O)N1CCC(c2cc(-c3ccccc3)sc2C(=O)O)=C(C2CCC(C)CC2)C1. The van der Waals surface area contributed by atoms with E-state index in [1.165, 1.54) is 29.8 Å². The van der Waals surface area contributed by atoms with E-state index in [0.29, 0.717) is 36.9 Å². The third-order valence-corrected chi connectivity index (χ3v) is 7.99. The van der Waals surface area contributed by atoms with Crippen molar-refractivity contribution in [1.29, 1.82) is 0 Å². The number of hydrogen-bond acceptors (Lipinski definition) is 3. The molecule has 0 saturated heterocycles. The highest BCUT2D eigenvalue weighted by Gasteiger charge is 2.32. The van der Waals surface area contributed by atoms with E-state index in [1.54, 1.807) is 0 Å². The smallest absolute Gasteiger partial charge is 0.346 e. The number of urea groups is 1. The third-order valence-electron chi connectivity index (χ3n) is 6.81. The lowest BCUT2D eigenvalue weighted by molar-refractivity contribution is 0.0701. The van der Waals surface area contributed by atoms with Crippen molar-refractivity contribution < 1.29 is 14.7 Å². The van der Waals surface area contributed by atoms with Crippen molar-refractivity contribution in [2.45, 2.75) is 46.0 Å². The average Bonchev–Trinajstić information content (AvgIpc) is 3.26. The zero-order chi connectivity index (χ0) is 22.7. The topological polar surface area (TPSA) is 69.6 Å². The predicted molar refractivity (Wildman–Crippen MR) is 130 cm³/mol. The van der Waals surface area contributed by atoms with Gasteiger partial charge in [-0.2, -0.15) is 0 Å². The number of nitrogens with one attached hydrogen (secondary N) is 1. The second kappa shape index (κ2) is 9.90. The summed E-state index contributed by atoms with van der Waals surface area (Å²) in [5.41, 5.74) is 4.32. The van der Waals surface area contributed by atoms with Crippen LogP contribution in [0.15, 0.2) is 42.0 Å². The van der Waals surface area contributed by atoms with Crippen LogP contribution < -0.4 is 5.32 Å². The molecule has 1 aliphatic carbocycles. The van der Waals surface area contributed by atoms with Crippen LogP contribution in [0.5, 0.6) is 0 Å². The fraction of sp³-hybridized carbons (Fsp3) is 0.462. The number of carbonyl (C=O) groups excluding carboxylic acids is 1. The van der Waals surface area contributed by atoms with Gasteiger partial charge in [-0.05, 0) is 60.8 Å². The average molecular weight is 453 g/mol. The van der Waals surface area contributed by atoms with E-state index < -0.39 is 5.97 Å². The van der Waals surface area contributed by atoms with Gasteiger partial charge in [0.15, 0.2) is 0 Å². The Morgan fingerprint density at radius 3 is 2.53 bits per heavy atom. The van der Waals surface area contributed by atoms with Crippen LogP contribution in [0.4, 0.5) is 4.79 Å². The van der Waals surface area contributed by atoms with Gasteiger partial charge in [-0.3, -0.25) is 0 Å². The van der Waals surface area contributed by atoms with Crippen LogP contribution >= 0.6 is 11.3 Å². The van der Waals surface area contributed by atoms with Gasteiger partial charge in [0.25, 0.3) is 0 Å². The summed E-state index contributed by atoms with van der Waals surface area (Å²) < 4.78 is 0. The summed E-state index contributed by atoms with van der Waals surface area (Å²) in [6.45, 7) is 6.05. The lowest BCUT2D eigenvalue weighted by Gasteiger charge is -2.37. The standard InChI is InChI=1S/C26H32N2O3S/c1-3-27-26(31)28-14-13-20(22(16-28)18-11-9-17(2)10-12-18)21-15-23(32-24(21)25(29)30)19-7-5-4-6-8-19/h4-8,15,17-18H,3,9-14,16H2,1-2H3,(H,27,31)(H,29,30). The molecule has 2 aromatic rings. The quantitative estimate of drug-likeness (QED) is 0.573. The van der Waals surface area contributed by atoms with Crippen LogP contribution in [0.3, 0.4) is 0 Å². The molecular formula is C26H32N2O3S. The lowest BCUT2D eigenvalue weighted by Crippen LogP contribution is -2.44. The van der Waals surface area contributed by atoms with Crippen molar-refractivity contribution in [1.82, 2.24) is 10.2 Å². The summed E-state index contributed by atoms with van der Waals surface area (Å²) in [5, 5.41) is 12.9. The maximum absolute atomic E-state index is 12.6. The first kappa shape index (κ1) is 22.6. The molecule has 0 atom stereocenters. The Balaban J connectivity index is 1.77. The maximum Gasteiger partial charge on any atom is 0.346 e. The van der Waals surface area contributed by atoms with Gasteiger partial charge in [-0.15, -0.1) is 11.3 Å². The molecular weight excluding hydrogens is 420 g/mol. The van der Waals surface area contributed by atoms with Gasteiger partial charge in [-0.1, -0.05) is 50.1 Å². The number of carbonyl (C=O) groups is 2. The Morgan fingerprint density at radius 1 is 1.16 bits per heavy atom. The highest BCUT2D eigenvalue weighted by Crippen LogP contribution is 2.43. The minimum Gasteiger partial charge on any atom is -0.477 e. The van der Waals surface area contributed by atoms with Crippen molar-refractivity contribution >= 4 is 28.9 Å². The van der Waals surface area contributed by atoms with Gasteiger partial charge in [0, 0.05) is 30.1 Å². The largest absolute Gasteiger partial charge is 0.477 e. The van der Waals surface area contributed by atoms with Gasteiger partial charge in [0.1, 0.15) is 4.88 Å². The molecule has 6 heteroatoms. The molecule has 1 aromatic carbocycles. The van der Waals surface area contributed by atoms with Gasteiger partial charge < -0.3 is 15.3 Å². The number of carboxylic acids is 1. The molecule has 0 radical (unpaired) electrons. The number of nitrogens with zero attached hydrogens (tertiary/aromatic N) is 1. The number of rotatable bonds is 5. The molecule has 1 aromatic heterocycles. The molecule has 2 heterocycles. The molecule has 5 nitrogen and oxygen atoms in total. The molecule has 1 fully saturated rings. The zero-order valence-electron chi connectivity index (χ0n) is 18.9. The first-order valence-electron chi connectivity index (χ1n) is 11.7. The number of carboxylic acid groups (broad SMARTS) is 1. The third kappa shape index (κ3) is 4.75. The Morgan fingerprint density at radius 2 is 1.88 bits per heavy atom. The molecule has 170 valence electrons. The number of amides is 2. The van der Waals surface area contributed by atoms with Crippen molar-refractivity contribution in [3.63, 3.8) is 0 Å². The lowest BCUT2D eigenvalue weighted by atomic mass is 9.75. The Labute approximate surface area is 194 Å². The van der Waals surface area contributed by atoms with E-state index in [9.17, 15) is 14.7 Å². The maximum atomic E-state index is 12.6. The van der Waals surface area contributed by atoms with Crippen molar-refractivity contribution in [3.05, 3.63) is 52.4 Å². The molecule has 0 spiro atoms. The molecule has 2 N–H and O–H groups in total. The van der Waals surface area contributed by atoms with Gasteiger partial charge in [0.2, 0.25) is 0 Å². The summed E-state index contributed by atoms with van der Waals surface area (Å²) in [6.07, 6.45) is 5.30. The van der Waals surface area contributed by atoms with Crippen molar-refractivity contribution in [2.75, 3.05) is 19.6 Å². The molecule has 2 aliphatic rings. The van der Waals surface area contributed by atoms with Crippen molar-refractivity contribution in [2.24, 2.45) is 11.8 Å². The Bertz CT molecular complexity index is 1000. The van der Waals surface area contributed by atoms with E-state index >= 15 is 0 Å². The molecule has 2 amide bonds. The van der Waals surface area contributed by atoms with E-state index in [4.69, 9.17) is 0 Å². The molecule has 0 unspecified atom stereocenters. The summed E-state index contributed by atoms with van der Waals surface area (Å²) in [6, 6.07) is 12.0. The van der Waals surface area contributed by atoms with Gasteiger partial charge >= 0.3 is 12.0 Å². The minimum absolute atomic E-state index is 0.0259. The van der Waals surface area contributed by atoms with Crippen LogP contribution in [0.25, 0.3) is 16.0 Å². The fourth-order valence-corrected chi connectivity index (χ4v) is 6.06. The van der Waals surface area contributed by atoms with Crippen LogP contribution in [-0.2, 0) is 0 Å². The van der Waals surface area contributed by atoms with E-state index in [2.05, 4.69) is 18.3 Å². The molecule has 32 heavy (non-hydrogen) atoms. The molecule has 1 saturated carbocycles. The van der Waals surface area contributed by atoms with Crippen molar-refractivity contribution in [3.8, 4) is 10.4 Å². The van der Waals surface area contributed by atoms with Gasteiger partial charge in [0.05, 0.1) is 0 Å². The highest BCUT2D eigenvalue weighted by molar-refractivity contribution is 7.17. The number of thiophene rings is 1. The number of hydrogen-bond donors (Lipinski definition) is 2. The summed E-state index contributed by atoms with van der Waals surface area (Å²) in [5.74, 6) is 0.279. The van der Waals surface area contributed by atoms with Gasteiger partial charge in [-0.25, -0.2) is 9.59 Å². The summed E-state index contributed by atoms with van der Waals surface area (Å²) >= 11 is 1.35. The first-order chi connectivity index (χ1) is 15.5. The van der Waals surface area contributed by atoms with E-state index in [1.807, 2.05) is 42.2 Å². The zero-order valence-corrected chi connectivity index (χ0v) is 19.7. The monoisotopic (exact) mass is 452 g/mol.